The van der Waals surface area contributed by atoms with Crippen molar-refractivity contribution < 1.29 is 14.6 Å². The van der Waals surface area contributed by atoms with Crippen LogP contribution in [0.25, 0.3) is 0 Å². The van der Waals surface area contributed by atoms with Gasteiger partial charge in [0.15, 0.2) is 0 Å². The summed E-state index contributed by atoms with van der Waals surface area (Å²) in [7, 11) is 0. The van der Waals surface area contributed by atoms with Crippen LogP contribution in [-0.4, -0.2) is 49.0 Å². The van der Waals surface area contributed by atoms with Crippen LogP contribution in [0.4, 0.5) is 0 Å². The summed E-state index contributed by atoms with van der Waals surface area (Å²) in [6, 6.07) is 0. The number of hydrogen-bond acceptors (Lipinski definition) is 4. The number of ether oxygens (including phenoxy) is 1. The standard InChI is InChI=1S/C12H20N2O3/c1-8(10-5-13-6-10)11(15)14-7-12(16)3-4-17-9(12)2/h9,13,16H,3-7H2,1-2H3,(H,14,15). The molecule has 2 saturated heterocycles. The van der Waals surface area contributed by atoms with E-state index < -0.39 is 5.60 Å². The number of carbonyl (C=O) groups excluding carboxylic acids is 1. The molecule has 0 radical (unpaired) electrons. The molecule has 2 fully saturated rings. The Labute approximate surface area is 101 Å². The molecule has 96 valence electrons. The third-order valence-electron chi connectivity index (χ3n) is 3.76. The van der Waals surface area contributed by atoms with Crippen molar-refractivity contribution in [3.8, 4) is 0 Å². The van der Waals surface area contributed by atoms with Crippen molar-refractivity contribution in [2.24, 2.45) is 0 Å². The van der Waals surface area contributed by atoms with E-state index in [9.17, 15) is 9.90 Å². The maximum absolute atomic E-state index is 11.8. The first-order valence-electron chi connectivity index (χ1n) is 6.04. The minimum atomic E-state index is -0.918. The molecule has 0 aromatic rings. The van der Waals surface area contributed by atoms with Gasteiger partial charge in [-0.15, -0.1) is 0 Å². The third kappa shape index (κ3) is 2.51. The smallest absolute Gasteiger partial charge is 0.247 e. The number of rotatable bonds is 3. The van der Waals surface area contributed by atoms with Gasteiger partial charge in [0.2, 0.25) is 5.91 Å². The molecule has 2 rings (SSSR count). The second kappa shape index (κ2) is 4.76. The SMILES string of the molecule is CC(C(=O)NCC1(O)CCOC1C)=C1CNC1. The Morgan fingerprint density at radius 3 is 2.82 bits per heavy atom. The predicted octanol–water partition coefficient (Wildman–Crippen LogP) is -0.438. The Bertz CT molecular complexity index is 348. The number of nitrogens with one attached hydrogen (secondary N) is 2. The summed E-state index contributed by atoms with van der Waals surface area (Å²) in [5, 5.41) is 16.1. The molecule has 0 saturated carbocycles. The second-order valence-electron chi connectivity index (χ2n) is 4.88. The van der Waals surface area contributed by atoms with Gasteiger partial charge in [0.25, 0.3) is 0 Å². The summed E-state index contributed by atoms with van der Waals surface area (Å²) in [4.78, 5) is 11.8. The van der Waals surface area contributed by atoms with Crippen molar-refractivity contribution >= 4 is 5.91 Å². The van der Waals surface area contributed by atoms with Gasteiger partial charge < -0.3 is 20.5 Å². The second-order valence-corrected chi connectivity index (χ2v) is 4.88. The largest absolute Gasteiger partial charge is 0.385 e. The molecule has 2 unspecified atom stereocenters. The van der Waals surface area contributed by atoms with Gasteiger partial charge in [-0.1, -0.05) is 0 Å². The van der Waals surface area contributed by atoms with Gasteiger partial charge in [-0.2, -0.15) is 0 Å². The number of amides is 1. The molecule has 2 aliphatic rings. The van der Waals surface area contributed by atoms with E-state index >= 15 is 0 Å². The molecule has 0 bridgehead atoms. The Morgan fingerprint density at radius 1 is 1.65 bits per heavy atom. The van der Waals surface area contributed by atoms with Crippen molar-refractivity contribution in [1.82, 2.24) is 10.6 Å². The topological polar surface area (TPSA) is 70.6 Å². The van der Waals surface area contributed by atoms with Crippen molar-refractivity contribution in [2.75, 3.05) is 26.2 Å². The Hall–Kier alpha value is -0.910. The van der Waals surface area contributed by atoms with E-state index in [0.717, 1.165) is 24.2 Å². The minimum Gasteiger partial charge on any atom is -0.385 e. The molecular formula is C12H20N2O3. The third-order valence-corrected chi connectivity index (χ3v) is 3.76. The average molecular weight is 240 g/mol. The molecule has 2 aliphatic heterocycles. The zero-order valence-electron chi connectivity index (χ0n) is 10.4. The fourth-order valence-electron chi connectivity index (χ4n) is 2.04. The van der Waals surface area contributed by atoms with Crippen LogP contribution in [0, 0.1) is 0 Å². The van der Waals surface area contributed by atoms with Crippen molar-refractivity contribution in [2.45, 2.75) is 32.0 Å². The quantitative estimate of drug-likeness (QED) is 0.585. The molecule has 0 aromatic carbocycles. The molecule has 0 aliphatic carbocycles. The van der Waals surface area contributed by atoms with Gasteiger partial charge in [-0.3, -0.25) is 4.79 Å². The highest BCUT2D eigenvalue weighted by Crippen LogP contribution is 2.24. The molecule has 1 amide bonds. The van der Waals surface area contributed by atoms with Crippen LogP contribution in [0.3, 0.4) is 0 Å². The normalized spacial score (nSPS) is 32.2. The molecule has 17 heavy (non-hydrogen) atoms. The monoisotopic (exact) mass is 240 g/mol. The molecule has 0 aromatic heterocycles. The molecule has 5 heteroatoms. The molecule has 2 atom stereocenters. The maximum Gasteiger partial charge on any atom is 0.247 e. The first kappa shape index (κ1) is 12.5. The van der Waals surface area contributed by atoms with Gasteiger partial charge in [-0.25, -0.2) is 0 Å². The van der Waals surface area contributed by atoms with Gasteiger partial charge in [0.1, 0.15) is 5.60 Å². The molecule has 3 N–H and O–H groups in total. The Kier molecular flexibility index (Phi) is 3.51. The zero-order chi connectivity index (χ0) is 12.5. The Morgan fingerprint density at radius 2 is 2.35 bits per heavy atom. The number of aliphatic hydroxyl groups is 1. The fraction of sp³-hybridized carbons (Fsp3) is 0.750. The van der Waals surface area contributed by atoms with E-state index in [1.807, 2.05) is 13.8 Å². The number of hydrogen-bond donors (Lipinski definition) is 3. The van der Waals surface area contributed by atoms with Gasteiger partial charge in [0.05, 0.1) is 6.10 Å². The van der Waals surface area contributed by atoms with E-state index in [0.29, 0.717) is 13.0 Å². The van der Waals surface area contributed by atoms with E-state index in [4.69, 9.17) is 4.74 Å². The lowest BCUT2D eigenvalue weighted by atomic mass is 9.96. The van der Waals surface area contributed by atoms with Crippen LogP contribution >= 0.6 is 0 Å². The lowest BCUT2D eigenvalue weighted by molar-refractivity contribution is -0.119. The highest BCUT2D eigenvalue weighted by molar-refractivity contribution is 5.94. The summed E-state index contributed by atoms with van der Waals surface area (Å²) >= 11 is 0. The van der Waals surface area contributed by atoms with Crippen LogP contribution < -0.4 is 10.6 Å². The Balaban J connectivity index is 1.88. The van der Waals surface area contributed by atoms with Gasteiger partial charge >= 0.3 is 0 Å². The summed E-state index contributed by atoms with van der Waals surface area (Å²) in [6.07, 6.45) is 0.354. The maximum atomic E-state index is 11.8. The van der Waals surface area contributed by atoms with Crippen LogP contribution in [-0.2, 0) is 9.53 Å². The van der Waals surface area contributed by atoms with E-state index in [1.165, 1.54) is 0 Å². The predicted molar refractivity (Wildman–Crippen MR) is 63.6 cm³/mol. The van der Waals surface area contributed by atoms with Crippen molar-refractivity contribution in [3.63, 3.8) is 0 Å². The van der Waals surface area contributed by atoms with Crippen molar-refractivity contribution in [3.05, 3.63) is 11.1 Å². The van der Waals surface area contributed by atoms with Crippen LogP contribution in [0.1, 0.15) is 20.3 Å². The van der Waals surface area contributed by atoms with E-state index in [1.54, 1.807) is 0 Å². The van der Waals surface area contributed by atoms with Crippen molar-refractivity contribution in [1.29, 1.82) is 0 Å². The fourth-order valence-corrected chi connectivity index (χ4v) is 2.04. The molecule has 2 heterocycles. The highest BCUT2D eigenvalue weighted by Gasteiger charge is 2.39. The van der Waals surface area contributed by atoms with E-state index in [2.05, 4.69) is 10.6 Å². The summed E-state index contributed by atoms with van der Waals surface area (Å²) in [6.45, 7) is 6.05. The molecule has 5 nitrogen and oxygen atoms in total. The first-order chi connectivity index (χ1) is 8.03. The first-order valence-corrected chi connectivity index (χ1v) is 6.04. The lowest BCUT2D eigenvalue weighted by Crippen LogP contribution is -2.48. The van der Waals surface area contributed by atoms with Crippen LogP contribution in [0.15, 0.2) is 11.1 Å². The number of carbonyl (C=O) groups is 1. The summed E-state index contributed by atoms with van der Waals surface area (Å²) in [5.41, 5.74) is 0.988. The van der Waals surface area contributed by atoms with Gasteiger partial charge in [0, 0.05) is 38.2 Å². The lowest BCUT2D eigenvalue weighted by Gasteiger charge is -2.27. The average Bonchev–Trinajstić information content (AvgIpc) is 2.54. The van der Waals surface area contributed by atoms with E-state index in [-0.39, 0.29) is 18.6 Å². The molecular weight excluding hydrogens is 220 g/mol. The summed E-state index contributed by atoms with van der Waals surface area (Å²) in [5.74, 6) is -0.0889. The summed E-state index contributed by atoms with van der Waals surface area (Å²) < 4.78 is 5.32. The van der Waals surface area contributed by atoms with Crippen LogP contribution in [0.5, 0.6) is 0 Å². The highest BCUT2D eigenvalue weighted by atomic mass is 16.5. The zero-order valence-corrected chi connectivity index (χ0v) is 10.4. The minimum absolute atomic E-state index is 0.0889. The molecule has 0 spiro atoms. The van der Waals surface area contributed by atoms with Gasteiger partial charge in [-0.05, 0) is 19.4 Å². The van der Waals surface area contributed by atoms with Crippen LogP contribution in [0.2, 0.25) is 0 Å².